The maximum Gasteiger partial charge on any atom is 0.326 e. The van der Waals surface area contributed by atoms with Gasteiger partial charge in [-0.2, -0.15) is 0 Å². The highest BCUT2D eigenvalue weighted by atomic mass is 16.4. The Hall–Kier alpha value is -1.14. The first-order valence-corrected chi connectivity index (χ1v) is 5.42. The molecule has 1 saturated carbocycles. The molecule has 1 aliphatic heterocycles. The Morgan fingerprint density at radius 1 is 1.44 bits per heavy atom. The summed E-state index contributed by atoms with van der Waals surface area (Å²) in [6.45, 7) is 0.363. The van der Waals surface area contributed by atoms with E-state index in [1.165, 1.54) is 4.90 Å². The van der Waals surface area contributed by atoms with Gasteiger partial charge in [-0.3, -0.25) is 4.79 Å². The van der Waals surface area contributed by atoms with Crippen LogP contribution in [0.1, 0.15) is 19.3 Å². The number of likely N-dealkylation sites (tertiary alicyclic amines) is 1. The molecule has 90 valence electrons. The summed E-state index contributed by atoms with van der Waals surface area (Å²) in [5.41, 5.74) is 4.99. The molecule has 0 aromatic carbocycles. The third-order valence-electron chi connectivity index (χ3n) is 3.52. The van der Waals surface area contributed by atoms with Gasteiger partial charge in [0.2, 0.25) is 5.91 Å². The number of carboxylic acids is 1. The molecule has 1 aliphatic carbocycles. The van der Waals surface area contributed by atoms with Gasteiger partial charge in [-0.15, -0.1) is 0 Å². The van der Waals surface area contributed by atoms with Crippen LogP contribution in [-0.2, 0) is 9.59 Å². The molecular weight excluding hydrogens is 212 g/mol. The normalized spacial score (nSPS) is 31.5. The van der Waals surface area contributed by atoms with Crippen molar-refractivity contribution in [3.05, 3.63) is 0 Å². The van der Waals surface area contributed by atoms with Crippen molar-refractivity contribution in [1.82, 2.24) is 4.90 Å². The van der Waals surface area contributed by atoms with Crippen LogP contribution in [0.5, 0.6) is 0 Å². The van der Waals surface area contributed by atoms with Gasteiger partial charge in [-0.25, -0.2) is 4.79 Å². The van der Waals surface area contributed by atoms with Gasteiger partial charge < -0.3 is 20.8 Å². The van der Waals surface area contributed by atoms with Gasteiger partial charge >= 0.3 is 5.97 Å². The van der Waals surface area contributed by atoms with E-state index in [1.807, 2.05) is 0 Å². The number of carbonyl (C=O) groups is 2. The summed E-state index contributed by atoms with van der Waals surface area (Å²) in [5.74, 6) is -1.27. The smallest absolute Gasteiger partial charge is 0.326 e. The molecule has 2 aliphatic rings. The standard InChI is InChI=1S/C10H16N2O4/c11-5-10(1-2-10)9(16)12-4-6(13)3-7(12)8(14)15/h6-7,13H,1-5,11H2,(H,14,15)/t6-,7-/m0/s1. The molecule has 0 bridgehead atoms. The molecule has 1 saturated heterocycles. The molecule has 0 radical (unpaired) electrons. The zero-order valence-corrected chi connectivity index (χ0v) is 8.93. The fraction of sp³-hybridized carbons (Fsp3) is 0.800. The molecule has 0 aromatic rings. The van der Waals surface area contributed by atoms with Crippen molar-refractivity contribution in [3.63, 3.8) is 0 Å². The van der Waals surface area contributed by atoms with E-state index in [2.05, 4.69) is 0 Å². The minimum atomic E-state index is -1.06. The number of carboxylic acid groups (broad SMARTS) is 1. The molecule has 0 spiro atoms. The largest absolute Gasteiger partial charge is 0.480 e. The second kappa shape index (κ2) is 3.71. The van der Waals surface area contributed by atoms with E-state index in [-0.39, 0.29) is 25.4 Å². The molecule has 1 heterocycles. The Morgan fingerprint density at radius 2 is 2.06 bits per heavy atom. The summed E-state index contributed by atoms with van der Waals surface area (Å²) in [4.78, 5) is 24.3. The molecular formula is C10H16N2O4. The highest BCUT2D eigenvalue weighted by Crippen LogP contribution is 2.47. The molecule has 2 rings (SSSR count). The lowest BCUT2D eigenvalue weighted by atomic mass is 10.1. The summed E-state index contributed by atoms with van der Waals surface area (Å²) in [6, 6.07) is -0.897. The van der Waals surface area contributed by atoms with Gasteiger partial charge in [0.25, 0.3) is 0 Å². The fourth-order valence-corrected chi connectivity index (χ4v) is 2.23. The van der Waals surface area contributed by atoms with Crippen molar-refractivity contribution in [2.45, 2.75) is 31.4 Å². The number of carbonyl (C=O) groups excluding carboxylic acids is 1. The van der Waals surface area contributed by atoms with Gasteiger partial charge in [-0.05, 0) is 12.8 Å². The number of aliphatic hydroxyl groups excluding tert-OH is 1. The number of nitrogens with zero attached hydrogens (tertiary/aromatic N) is 1. The maximum absolute atomic E-state index is 12.1. The quantitative estimate of drug-likeness (QED) is 0.561. The SMILES string of the molecule is NCC1(C(=O)N2C[C@@H](O)C[C@H]2C(=O)O)CC1. The fourth-order valence-electron chi connectivity index (χ4n) is 2.23. The molecule has 6 heteroatoms. The zero-order valence-electron chi connectivity index (χ0n) is 8.93. The highest BCUT2D eigenvalue weighted by Gasteiger charge is 2.54. The first kappa shape index (κ1) is 11.3. The van der Waals surface area contributed by atoms with E-state index in [1.54, 1.807) is 0 Å². The maximum atomic E-state index is 12.1. The van der Waals surface area contributed by atoms with E-state index in [0.29, 0.717) is 0 Å². The predicted octanol–water partition coefficient (Wildman–Crippen LogP) is -1.23. The van der Waals surface area contributed by atoms with Crippen LogP contribution in [0.25, 0.3) is 0 Å². The Kier molecular flexibility index (Phi) is 2.63. The molecule has 6 nitrogen and oxygen atoms in total. The monoisotopic (exact) mass is 228 g/mol. The lowest BCUT2D eigenvalue weighted by molar-refractivity contribution is -0.150. The number of nitrogens with two attached hydrogens (primary N) is 1. The van der Waals surface area contributed by atoms with Crippen LogP contribution in [0.3, 0.4) is 0 Å². The van der Waals surface area contributed by atoms with Crippen LogP contribution in [0, 0.1) is 5.41 Å². The van der Waals surface area contributed by atoms with Crippen molar-refractivity contribution in [1.29, 1.82) is 0 Å². The van der Waals surface area contributed by atoms with Gasteiger partial charge in [0.05, 0.1) is 11.5 Å². The molecule has 4 N–H and O–H groups in total. The van der Waals surface area contributed by atoms with Crippen LogP contribution in [-0.4, -0.2) is 52.2 Å². The van der Waals surface area contributed by atoms with Crippen LogP contribution in [0.15, 0.2) is 0 Å². The summed E-state index contributed by atoms with van der Waals surface area (Å²) in [7, 11) is 0. The van der Waals surface area contributed by atoms with E-state index in [4.69, 9.17) is 10.8 Å². The summed E-state index contributed by atoms with van der Waals surface area (Å²) in [5, 5.41) is 18.4. The van der Waals surface area contributed by atoms with Gasteiger partial charge in [0.15, 0.2) is 0 Å². The van der Waals surface area contributed by atoms with E-state index < -0.39 is 23.5 Å². The topological polar surface area (TPSA) is 104 Å². The second-order valence-corrected chi connectivity index (χ2v) is 4.69. The van der Waals surface area contributed by atoms with Crippen molar-refractivity contribution in [3.8, 4) is 0 Å². The Balaban J connectivity index is 2.13. The molecule has 16 heavy (non-hydrogen) atoms. The molecule has 1 amide bonds. The molecule has 2 fully saturated rings. The van der Waals surface area contributed by atoms with Crippen LogP contribution in [0.4, 0.5) is 0 Å². The third-order valence-corrected chi connectivity index (χ3v) is 3.52. The molecule has 0 aromatic heterocycles. The third kappa shape index (κ3) is 1.68. The number of aliphatic hydroxyl groups is 1. The minimum absolute atomic E-state index is 0.109. The van der Waals surface area contributed by atoms with Gasteiger partial charge in [0, 0.05) is 19.5 Å². The van der Waals surface area contributed by atoms with Gasteiger partial charge in [0.1, 0.15) is 6.04 Å². The minimum Gasteiger partial charge on any atom is -0.480 e. The lowest BCUT2D eigenvalue weighted by Gasteiger charge is -2.25. The molecule has 0 unspecified atom stereocenters. The van der Waals surface area contributed by atoms with Gasteiger partial charge in [-0.1, -0.05) is 0 Å². The predicted molar refractivity (Wildman–Crippen MR) is 54.5 cm³/mol. The summed E-state index contributed by atoms with van der Waals surface area (Å²) in [6.07, 6.45) is 0.822. The van der Waals surface area contributed by atoms with Crippen LogP contribution < -0.4 is 5.73 Å². The van der Waals surface area contributed by atoms with E-state index >= 15 is 0 Å². The van der Waals surface area contributed by atoms with Crippen LogP contribution in [0.2, 0.25) is 0 Å². The van der Waals surface area contributed by atoms with E-state index in [0.717, 1.165) is 12.8 Å². The summed E-state index contributed by atoms with van der Waals surface area (Å²) >= 11 is 0. The van der Waals surface area contributed by atoms with Crippen molar-refractivity contribution in [2.75, 3.05) is 13.1 Å². The zero-order chi connectivity index (χ0) is 11.9. The first-order chi connectivity index (χ1) is 7.50. The number of amides is 1. The summed E-state index contributed by atoms with van der Waals surface area (Å²) < 4.78 is 0. The lowest BCUT2D eigenvalue weighted by Crippen LogP contribution is -2.46. The number of hydrogen-bond acceptors (Lipinski definition) is 4. The highest BCUT2D eigenvalue weighted by molar-refractivity contribution is 5.90. The average molecular weight is 228 g/mol. The Bertz CT molecular complexity index is 327. The average Bonchev–Trinajstić information content (AvgIpc) is 2.94. The second-order valence-electron chi connectivity index (χ2n) is 4.69. The molecule has 2 atom stereocenters. The van der Waals surface area contributed by atoms with Crippen molar-refractivity contribution >= 4 is 11.9 Å². The Labute approximate surface area is 93.0 Å². The van der Waals surface area contributed by atoms with E-state index in [9.17, 15) is 14.7 Å². The Morgan fingerprint density at radius 3 is 2.50 bits per heavy atom. The number of rotatable bonds is 3. The van der Waals surface area contributed by atoms with Crippen molar-refractivity contribution < 1.29 is 19.8 Å². The van der Waals surface area contributed by atoms with Crippen LogP contribution >= 0.6 is 0 Å². The number of β-amino-alcohol motifs (C(OH)–C–C–N with tert-alkyl or cyclic N) is 1. The van der Waals surface area contributed by atoms with Crippen molar-refractivity contribution in [2.24, 2.45) is 11.1 Å². The number of aliphatic carboxylic acids is 1. The first-order valence-electron chi connectivity index (χ1n) is 5.42. The number of hydrogen-bond donors (Lipinski definition) is 3.